The predicted molar refractivity (Wildman–Crippen MR) is 119 cm³/mol. The summed E-state index contributed by atoms with van der Waals surface area (Å²) in [5, 5.41) is 14.8. The van der Waals surface area contributed by atoms with Gasteiger partial charge in [0.15, 0.2) is 0 Å². The van der Waals surface area contributed by atoms with Gasteiger partial charge >= 0.3 is 5.97 Å². The van der Waals surface area contributed by atoms with Gasteiger partial charge in [0.05, 0.1) is 11.6 Å². The zero-order chi connectivity index (χ0) is 21.1. The molecule has 4 heterocycles. The molecule has 1 atom stereocenters. The van der Waals surface area contributed by atoms with Crippen molar-refractivity contribution in [3.63, 3.8) is 0 Å². The fraction of sp³-hybridized carbons (Fsp3) is 0.391. The highest BCUT2D eigenvalue weighted by molar-refractivity contribution is 5.94. The average Bonchev–Trinajstić information content (AvgIpc) is 2.78. The van der Waals surface area contributed by atoms with E-state index >= 15 is 0 Å². The van der Waals surface area contributed by atoms with E-state index in [1.807, 2.05) is 24.4 Å². The molecule has 30 heavy (non-hydrogen) atoms. The highest BCUT2D eigenvalue weighted by atomic mass is 16.4. The van der Waals surface area contributed by atoms with Gasteiger partial charge in [-0.25, -0.2) is 9.97 Å². The van der Waals surface area contributed by atoms with Gasteiger partial charge in [0.25, 0.3) is 0 Å². The second-order valence-electron chi connectivity index (χ2n) is 7.91. The Morgan fingerprint density at radius 2 is 2.07 bits per heavy atom. The van der Waals surface area contributed by atoms with E-state index in [1.165, 1.54) is 0 Å². The zero-order valence-corrected chi connectivity index (χ0v) is 17.4. The number of anilines is 2. The molecular weight excluding hydrogens is 378 g/mol. The number of aliphatic carboxylic acids is 1. The number of carboxylic acids is 1. The third-order valence-corrected chi connectivity index (χ3v) is 5.82. The number of carboxylic acid groups (broad SMARTS) is 1. The van der Waals surface area contributed by atoms with Crippen molar-refractivity contribution in [1.82, 2.24) is 15.0 Å². The summed E-state index contributed by atoms with van der Waals surface area (Å²) in [6.45, 7) is 5.64. The third-order valence-electron chi connectivity index (χ3n) is 5.82. The molecular formula is C23H27N5O2. The van der Waals surface area contributed by atoms with E-state index in [-0.39, 0.29) is 5.92 Å². The van der Waals surface area contributed by atoms with Crippen LogP contribution in [0.5, 0.6) is 0 Å². The Bertz CT molecular complexity index is 1050. The van der Waals surface area contributed by atoms with Crippen LogP contribution in [0.25, 0.3) is 22.0 Å². The normalized spacial score (nSPS) is 15.9. The van der Waals surface area contributed by atoms with E-state index in [9.17, 15) is 9.90 Å². The molecule has 156 valence electrons. The fourth-order valence-electron chi connectivity index (χ4n) is 3.83. The Balaban J connectivity index is 1.71. The molecule has 0 saturated carbocycles. The van der Waals surface area contributed by atoms with Crippen molar-refractivity contribution >= 4 is 28.4 Å². The van der Waals surface area contributed by atoms with Gasteiger partial charge in [0.2, 0.25) is 0 Å². The fourth-order valence-corrected chi connectivity index (χ4v) is 3.83. The van der Waals surface area contributed by atoms with Crippen LogP contribution in [0.15, 0.2) is 42.9 Å². The SMILES string of the molecule is CCC(C)Nc1cc(-c2cc3cnccc3c(N3CCC(C(=O)O)CC3)n2)ccn1. The maximum Gasteiger partial charge on any atom is 0.306 e. The summed E-state index contributed by atoms with van der Waals surface area (Å²) < 4.78 is 0. The van der Waals surface area contributed by atoms with Crippen molar-refractivity contribution in [2.75, 3.05) is 23.3 Å². The summed E-state index contributed by atoms with van der Waals surface area (Å²) >= 11 is 0. The van der Waals surface area contributed by atoms with Crippen LogP contribution < -0.4 is 10.2 Å². The quantitative estimate of drug-likeness (QED) is 0.635. The Morgan fingerprint density at radius 1 is 1.27 bits per heavy atom. The van der Waals surface area contributed by atoms with Crippen molar-refractivity contribution in [2.24, 2.45) is 5.92 Å². The van der Waals surface area contributed by atoms with E-state index in [0.717, 1.165) is 40.1 Å². The lowest BCUT2D eigenvalue weighted by molar-refractivity contribution is -0.142. The second-order valence-corrected chi connectivity index (χ2v) is 7.91. The van der Waals surface area contributed by atoms with Crippen LogP contribution in [0.3, 0.4) is 0 Å². The van der Waals surface area contributed by atoms with Crippen molar-refractivity contribution in [2.45, 2.75) is 39.2 Å². The lowest BCUT2D eigenvalue weighted by atomic mass is 9.97. The molecule has 1 aliphatic rings. The molecule has 7 heteroatoms. The first kappa shape index (κ1) is 20.1. The summed E-state index contributed by atoms with van der Waals surface area (Å²) in [4.78, 5) is 27.2. The largest absolute Gasteiger partial charge is 0.481 e. The molecule has 1 saturated heterocycles. The van der Waals surface area contributed by atoms with Gasteiger partial charge in [-0.3, -0.25) is 9.78 Å². The Labute approximate surface area is 176 Å². The molecule has 3 aromatic heterocycles. The van der Waals surface area contributed by atoms with Gasteiger partial charge in [-0.05, 0) is 50.5 Å². The topological polar surface area (TPSA) is 91.2 Å². The number of piperidine rings is 1. The van der Waals surface area contributed by atoms with Crippen LogP contribution in [0.1, 0.15) is 33.1 Å². The standard InChI is InChI=1S/C23H27N5O2/c1-3-15(2)26-21-13-17(4-9-25-21)20-12-18-14-24-8-5-19(18)22(27-20)28-10-6-16(7-11-28)23(29)30/h4-5,8-9,12-16H,3,6-7,10-11H2,1-2H3,(H,25,26)(H,29,30). The van der Waals surface area contributed by atoms with Crippen LogP contribution in [0.4, 0.5) is 11.6 Å². The average molecular weight is 406 g/mol. The molecule has 7 nitrogen and oxygen atoms in total. The van der Waals surface area contributed by atoms with E-state index in [1.54, 1.807) is 12.4 Å². The number of pyridine rings is 3. The van der Waals surface area contributed by atoms with Gasteiger partial charge < -0.3 is 15.3 Å². The smallest absolute Gasteiger partial charge is 0.306 e. The molecule has 1 unspecified atom stereocenters. The van der Waals surface area contributed by atoms with Crippen LogP contribution in [-0.4, -0.2) is 45.2 Å². The Hall–Kier alpha value is -3.22. The van der Waals surface area contributed by atoms with E-state index < -0.39 is 5.97 Å². The minimum atomic E-state index is -0.705. The van der Waals surface area contributed by atoms with Crippen molar-refractivity contribution in [1.29, 1.82) is 0 Å². The summed E-state index contributed by atoms with van der Waals surface area (Å²) in [7, 11) is 0. The number of hydrogen-bond acceptors (Lipinski definition) is 6. The highest BCUT2D eigenvalue weighted by Gasteiger charge is 2.26. The molecule has 0 radical (unpaired) electrons. The van der Waals surface area contributed by atoms with Crippen LogP contribution in [0.2, 0.25) is 0 Å². The Morgan fingerprint density at radius 3 is 2.80 bits per heavy atom. The molecule has 0 spiro atoms. The molecule has 4 rings (SSSR count). The predicted octanol–water partition coefficient (Wildman–Crippen LogP) is 4.20. The molecule has 1 fully saturated rings. The number of nitrogens with one attached hydrogen (secondary N) is 1. The summed E-state index contributed by atoms with van der Waals surface area (Å²) in [6.07, 6.45) is 7.71. The van der Waals surface area contributed by atoms with Gasteiger partial charge in [-0.15, -0.1) is 0 Å². The first-order chi connectivity index (χ1) is 14.5. The summed E-state index contributed by atoms with van der Waals surface area (Å²) in [5.74, 6) is 0.746. The van der Waals surface area contributed by atoms with E-state index in [0.29, 0.717) is 32.0 Å². The molecule has 0 bridgehead atoms. The first-order valence-electron chi connectivity index (χ1n) is 10.5. The van der Waals surface area contributed by atoms with Gasteiger partial charge in [0.1, 0.15) is 11.6 Å². The minimum absolute atomic E-state index is 0.272. The van der Waals surface area contributed by atoms with Crippen molar-refractivity contribution < 1.29 is 9.90 Å². The Kier molecular flexibility index (Phi) is 5.79. The number of rotatable bonds is 6. The number of hydrogen-bond donors (Lipinski definition) is 2. The lowest BCUT2D eigenvalue weighted by Crippen LogP contribution is -2.36. The van der Waals surface area contributed by atoms with Crippen molar-refractivity contribution in [3.8, 4) is 11.3 Å². The molecule has 1 aliphatic heterocycles. The van der Waals surface area contributed by atoms with Crippen LogP contribution >= 0.6 is 0 Å². The number of carbonyl (C=O) groups is 1. The molecule has 3 aromatic rings. The van der Waals surface area contributed by atoms with Crippen LogP contribution in [-0.2, 0) is 4.79 Å². The van der Waals surface area contributed by atoms with E-state index in [4.69, 9.17) is 4.98 Å². The second kappa shape index (κ2) is 8.65. The van der Waals surface area contributed by atoms with E-state index in [2.05, 4.69) is 40.1 Å². The lowest BCUT2D eigenvalue weighted by Gasteiger charge is -2.32. The number of fused-ring (bicyclic) bond motifs is 1. The van der Waals surface area contributed by atoms with Gasteiger partial charge in [0, 0.05) is 54.1 Å². The zero-order valence-electron chi connectivity index (χ0n) is 17.4. The highest BCUT2D eigenvalue weighted by Crippen LogP contribution is 2.32. The summed E-state index contributed by atoms with van der Waals surface area (Å²) in [6, 6.07) is 8.36. The number of aromatic nitrogens is 3. The monoisotopic (exact) mass is 405 g/mol. The summed E-state index contributed by atoms with van der Waals surface area (Å²) in [5.41, 5.74) is 1.85. The minimum Gasteiger partial charge on any atom is -0.481 e. The van der Waals surface area contributed by atoms with Gasteiger partial charge in [-0.1, -0.05) is 6.92 Å². The maximum atomic E-state index is 11.3. The molecule has 0 aliphatic carbocycles. The molecule has 2 N–H and O–H groups in total. The maximum absolute atomic E-state index is 11.3. The number of nitrogens with zero attached hydrogens (tertiary/aromatic N) is 4. The van der Waals surface area contributed by atoms with Crippen LogP contribution in [0, 0.1) is 5.92 Å². The molecule has 0 aromatic carbocycles. The van der Waals surface area contributed by atoms with Crippen molar-refractivity contribution in [3.05, 3.63) is 42.9 Å². The third kappa shape index (κ3) is 4.20. The first-order valence-corrected chi connectivity index (χ1v) is 10.5. The molecule has 0 amide bonds. The van der Waals surface area contributed by atoms with Gasteiger partial charge in [-0.2, -0.15) is 0 Å².